The molecule has 0 spiro atoms. The Bertz CT molecular complexity index is 310. The first kappa shape index (κ1) is 12.4. The number of hydrogen-bond donors (Lipinski definition) is 1. The summed E-state index contributed by atoms with van der Waals surface area (Å²) in [5.41, 5.74) is -1.01. The molecule has 2 heterocycles. The van der Waals surface area contributed by atoms with E-state index in [0.717, 1.165) is 19.3 Å². The highest BCUT2D eigenvalue weighted by molar-refractivity contribution is 5.87. The zero-order chi connectivity index (χ0) is 12.3. The van der Waals surface area contributed by atoms with E-state index < -0.39 is 11.5 Å². The van der Waals surface area contributed by atoms with Gasteiger partial charge in [0.2, 0.25) is 5.91 Å². The van der Waals surface area contributed by atoms with Gasteiger partial charge in [0.25, 0.3) is 0 Å². The lowest BCUT2D eigenvalue weighted by atomic mass is 9.87. The highest BCUT2D eigenvalue weighted by Crippen LogP contribution is 2.31. The predicted octanol–water partition coefficient (Wildman–Crippen LogP) is 1.02. The van der Waals surface area contributed by atoms with Gasteiger partial charge in [0.1, 0.15) is 5.54 Å². The molecule has 5 nitrogen and oxygen atoms in total. The Morgan fingerprint density at radius 1 is 1.24 bits per heavy atom. The first-order chi connectivity index (χ1) is 8.17. The Labute approximate surface area is 101 Å². The fourth-order valence-electron chi connectivity index (χ4n) is 2.74. The van der Waals surface area contributed by atoms with Crippen molar-refractivity contribution in [3.05, 3.63) is 0 Å². The van der Waals surface area contributed by atoms with Crippen LogP contribution in [0.2, 0.25) is 0 Å². The fraction of sp³-hybridized carbons (Fsp3) is 0.833. The summed E-state index contributed by atoms with van der Waals surface area (Å²) in [6.07, 6.45) is 4.09. The van der Waals surface area contributed by atoms with E-state index >= 15 is 0 Å². The average molecular weight is 241 g/mol. The summed E-state index contributed by atoms with van der Waals surface area (Å²) >= 11 is 0. The Kier molecular flexibility index (Phi) is 3.66. The van der Waals surface area contributed by atoms with Crippen LogP contribution in [0.3, 0.4) is 0 Å². The molecular formula is C12H19NO4. The fourth-order valence-corrected chi connectivity index (χ4v) is 2.74. The minimum Gasteiger partial charge on any atom is -0.479 e. The normalized spacial score (nSPS) is 25.4. The van der Waals surface area contributed by atoms with Crippen LogP contribution in [0.25, 0.3) is 0 Å². The highest BCUT2D eigenvalue weighted by atomic mass is 16.5. The zero-order valence-corrected chi connectivity index (χ0v) is 9.98. The number of aliphatic carboxylic acids is 1. The molecule has 1 N–H and O–H groups in total. The molecule has 1 amide bonds. The van der Waals surface area contributed by atoms with Gasteiger partial charge >= 0.3 is 5.97 Å². The van der Waals surface area contributed by atoms with E-state index in [-0.39, 0.29) is 5.91 Å². The molecule has 2 rings (SSSR count). The van der Waals surface area contributed by atoms with Gasteiger partial charge in [-0.25, -0.2) is 4.79 Å². The maximum atomic E-state index is 12.0. The Morgan fingerprint density at radius 3 is 2.59 bits per heavy atom. The third-order valence-electron chi connectivity index (χ3n) is 3.81. The number of carbonyl (C=O) groups is 2. The van der Waals surface area contributed by atoms with Gasteiger partial charge in [-0.05, 0) is 12.8 Å². The molecule has 0 bridgehead atoms. The highest BCUT2D eigenvalue weighted by Gasteiger charge is 2.47. The van der Waals surface area contributed by atoms with Crippen LogP contribution in [-0.4, -0.2) is 47.2 Å². The molecule has 0 saturated carbocycles. The van der Waals surface area contributed by atoms with Crippen LogP contribution >= 0.6 is 0 Å². The molecule has 0 radical (unpaired) electrons. The topological polar surface area (TPSA) is 66.8 Å². The van der Waals surface area contributed by atoms with Crippen molar-refractivity contribution >= 4 is 11.9 Å². The van der Waals surface area contributed by atoms with E-state index in [9.17, 15) is 14.7 Å². The van der Waals surface area contributed by atoms with Gasteiger partial charge in [-0.3, -0.25) is 4.79 Å². The Morgan fingerprint density at radius 2 is 1.94 bits per heavy atom. The van der Waals surface area contributed by atoms with Crippen LogP contribution in [0.15, 0.2) is 0 Å². The number of carbonyl (C=O) groups excluding carboxylic acids is 1. The van der Waals surface area contributed by atoms with Gasteiger partial charge in [-0.2, -0.15) is 0 Å². The molecule has 2 aliphatic rings. The molecule has 0 aromatic carbocycles. The van der Waals surface area contributed by atoms with Crippen molar-refractivity contribution in [3.8, 4) is 0 Å². The van der Waals surface area contributed by atoms with Crippen LogP contribution < -0.4 is 0 Å². The van der Waals surface area contributed by atoms with E-state index in [1.807, 2.05) is 0 Å². The van der Waals surface area contributed by atoms with Crippen molar-refractivity contribution < 1.29 is 19.4 Å². The third kappa shape index (κ3) is 2.29. The maximum absolute atomic E-state index is 12.0. The maximum Gasteiger partial charge on any atom is 0.329 e. The van der Waals surface area contributed by atoms with Gasteiger partial charge in [0.05, 0.1) is 0 Å². The summed E-state index contributed by atoms with van der Waals surface area (Å²) in [5.74, 6) is -0.886. The molecule has 5 heteroatoms. The van der Waals surface area contributed by atoms with Crippen LogP contribution in [0, 0.1) is 0 Å². The Hall–Kier alpha value is -1.10. The third-order valence-corrected chi connectivity index (χ3v) is 3.81. The number of carboxylic acid groups (broad SMARTS) is 1. The number of nitrogens with zero attached hydrogens (tertiary/aromatic N) is 1. The lowest BCUT2D eigenvalue weighted by Gasteiger charge is -2.42. The molecule has 0 aromatic heterocycles. The lowest BCUT2D eigenvalue weighted by molar-refractivity contribution is -0.166. The summed E-state index contributed by atoms with van der Waals surface area (Å²) in [4.78, 5) is 25.2. The van der Waals surface area contributed by atoms with E-state index in [0.29, 0.717) is 39.0 Å². The molecule has 96 valence electrons. The molecule has 0 aromatic rings. The van der Waals surface area contributed by atoms with Gasteiger partial charge in [0.15, 0.2) is 0 Å². The second kappa shape index (κ2) is 5.04. The van der Waals surface area contributed by atoms with Gasteiger partial charge in [-0.15, -0.1) is 0 Å². The standard InChI is InChI=1S/C12H19NO4/c14-10-4-2-1-3-7-13(10)12(11(15)16)5-8-17-9-6-12/h1-9H2,(H,15,16). The monoisotopic (exact) mass is 241 g/mol. The number of hydrogen-bond acceptors (Lipinski definition) is 3. The van der Waals surface area contributed by atoms with Crippen LogP contribution in [-0.2, 0) is 14.3 Å². The van der Waals surface area contributed by atoms with Crippen molar-refractivity contribution in [3.63, 3.8) is 0 Å². The van der Waals surface area contributed by atoms with Crippen molar-refractivity contribution in [1.82, 2.24) is 4.90 Å². The first-order valence-electron chi connectivity index (χ1n) is 6.28. The molecule has 2 saturated heterocycles. The van der Waals surface area contributed by atoms with Crippen molar-refractivity contribution in [2.45, 2.75) is 44.1 Å². The lowest BCUT2D eigenvalue weighted by Crippen LogP contribution is -2.59. The summed E-state index contributed by atoms with van der Waals surface area (Å²) in [5, 5.41) is 9.50. The van der Waals surface area contributed by atoms with Crippen LogP contribution in [0.4, 0.5) is 0 Å². The van der Waals surface area contributed by atoms with Crippen molar-refractivity contribution in [2.24, 2.45) is 0 Å². The van der Waals surface area contributed by atoms with E-state index in [1.165, 1.54) is 0 Å². The van der Waals surface area contributed by atoms with Gasteiger partial charge in [0, 0.05) is 39.0 Å². The minimum absolute atomic E-state index is 0.00759. The summed E-state index contributed by atoms with van der Waals surface area (Å²) < 4.78 is 5.23. The number of amides is 1. The summed E-state index contributed by atoms with van der Waals surface area (Å²) in [6.45, 7) is 1.43. The number of rotatable bonds is 2. The number of likely N-dealkylation sites (tertiary alicyclic amines) is 1. The Balaban J connectivity index is 2.24. The molecule has 17 heavy (non-hydrogen) atoms. The van der Waals surface area contributed by atoms with E-state index in [4.69, 9.17) is 4.74 Å². The molecule has 2 aliphatic heterocycles. The molecule has 0 unspecified atom stereocenters. The summed E-state index contributed by atoms with van der Waals surface area (Å²) in [6, 6.07) is 0. The second-order valence-corrected chi connectivity index (χ2v) is 4.81. The first-order valence-corrected chi connectivity index (χ1v) is 6.28. The van der Waals surface area contributed by atoms with E-state index in [1.54, 1.807) is 4.90 Å². The molecular weight excluding hydrogens is 222 g/mol. The second-order valence-electron chi connectivity index (χ2n) is 4.81. The van der Waals surface area contributed by atoms with Crippen molar-refractivity contribution in [1.29, 1.82) is 0 Å². The SMILES string of the molecule is O=C1CCCCCN1C1(C(=O)O)CCOCC1. The smallest absolute Gasteiger partial charge is 0.329 e. The molecule has 0 aliphatic carbocycles. The largest absolute Gasteiger partial charge is 0.479 e. The average Bonchev–Trinajstić information content (AvgIpc) is 2.55. The predicted molar refractivity (Wildman–Crippen MR) is 60.6 cm³/mol. The van der Waals surface area contributed by atoms with Gasteiger partial charge < -0.3 is 14.7 Å². The summed E-state index contributed by atoms with van der Waals surface area (Å²) in [7, 11) is 0. The van der Waals surface area contributed by atoms with E-state index in [2.05, 4.69) is 0 Å². The van der Waals surface area contributed by atoms with Crippen LogP contribution in [0.5, 0.6) is 0 Å². The number of ether oxygens (including phenoxy) is 1. The van der Waals surface area contributed by atoms with Gasteiger partial charge in [-0.1, -0.05) is 6.42 Å². The van der Waals surface area contributed by atoms with Crippen molar-refractivity contribution in [2.75, 3.05) is 19.8 Å². The molecule has 0 atom stereocenters. The minimum atomic E-state index is -1.01. The van der Waals surface area contributed by atoms with Crippen LogP contribution in [0.1, 0.15) is 38.5 Å². The quantitative estimate of drug-likeness (QED) is 0.784. The zero-order valence-electron chi connectivity index (χ0n) is 9.98. The number of carboxylic acids is 1. The molecule has 2 fully saturated rings.